The minimum atomic E-state index is -0.998. The van der Waals surface area contributed by atoms with Crippen LogP contribution in [-0.4, -0.2) is 0 Å². The maximum Gasteiger partial charge on any atom is 0.201 e. The number of hydrogen-bond donors (Lipinski definition) is 1. The Balaban J connectivity index is 2.36. The minimum Gasteiger partial charge on any atom is -0.454 e. The Morgan fingerprint density at radius 2 is 1.74 bits per heavy atom. The molecule has 0 aliphatic carbocycles. The molecule has 0 heterocycles. The van der Waals surface area contributed by atoms with Gasteiger partial charge in [0.1, 0.15) is 5.75 Å². The van der Waals surface area contributed by atoms with E-state index in [1.807, 2.05) is 19.1 Å². The maximum atomic E-state index is 13.6. The van der Waals surface area contributed by atoms with Crippen molar-refractivity contribution in [1.29, 1.82) is 0 Å². The fourth-order valence-electron chi connectivity index (χ4n) is 1.78. The Hall–Kier alpha value is -1.94. The van der Waals surface area contributed by atoms with Crippen LogP contribution in [0.2, 0.25) is 0 Å². The predicted octanol–water partition coefficient (Wildman–Crippen LogP) is 4.17. The first kappa shape index (κ1) is 13.5. The van der Waals surface area contributed by atoms with Crippen molar-refractivity contribution in [2.45, 2.75) is 19.4 Å². The third-order valence-corrected chi connectivity index (χ3v) is 2.89. The SMILES string of the molecule is CC[C@@H](N)c1ccccc1Oc1cccc(F)c1F. The van der Waals surface area contributed by atoms with Crippen molar-refractivity contribution in [3.63, 3.8) is 0 Å². The summed E-state index contributed by atoms with van der Waals surface area (Å²) in [5, 5.41) is 0. The summed E-state index contributed by atoms with van der Waals surface area (Å²) in [6, 6.07) is 10.7. The molecule has 2 rings (SSSR count). The molecule has 2 N–H and O–H groups in total. The van der Waals surface area contributed by atoms with Crippen LogP contribution in [0.3, 0.4) is 0 Å². The van der Waals surface area contributed by atoms with E-state index in [0.717, 1.165) is 18.1 Å². The van der Waals surface area contributed by atoms with E-state index in [9.17, 15) is 8.78 Å². The normalized spacial score (nSPS) is 12.2. The number of rotatable bonds is 4. The van der Waals surface area contributed by atoms with Crippen molar-refractivity contribution in [3.05, 3.63) is 59.7 Å². The van der Waals surface area contributed by atoms with Gasteiger partial charge in [-0.2, -0.15) is 4.39 Å². The van der Waals surface area contributed by atoms with Crippen molar-refractivity contribution in [1.82, 2.24) is 0 Å². The zero-order chi connectivity index (χ0) is 13.8. The predicted molar refractivity (Wildman–Crippen MR) is 70.1 cm³/mol. The highest BCUT2D eigenvalue weighted by molar-refractivity contribution is 5.40. The van der Waals surface area contributed by atoms with E-state index < -0.39 is 11.6 Å². The second-order valence-electron chi connectivity index (χ2n) is 4.21. The van der Waals surface area contributed by atoms with Gasteiger partial charge >= 0.3 is 0 Å². The Kier molecular flexibility index (Phi) is 4.12. The first-order valence-corrected chi connectivity index (χ1v) is 6.09. The topological polar surface area (TPSA) is 35.2 Å². The van der Waals surface area contributed by atoms with Crippen LogP contribution in [0.4, 0.5) is 8.78 Å². The zero-order valence-electron chi connectivity index (χ0n) is 10.6. The Labute approximate surface area is 110 Å². The van der Waals surface area contributed by atoms with Gasteiger partial charge in [-0.1, -0.05) is 31.2 Å². The van der Waals surface area contributed by atoms with Crippen LogP contribution >= 0.6 is 0 Å². The Bertz CT molecular complexity index is 572. The number of ether oxygens (including phenoxy) is 1. The number of benzene rings is 2. The monoisotopic (exact) mass is 263 g/mol. The first-order valence-electron chi connectivity index (χ1n) is 6.09. The molecule has 2 nitrogen and oxygen atoms in total. The van der Waals surface area contributed by atoms with Crippen LogP contribution in [0.15, 0.2) is 42.5 Å². The van der Waals surface area contributed by atoms with Gasteiger partial charge < -0.3 is 10.5 Å². The lowest BCUT2D eigenvalue weighted by Gasteiger charge is -2.15. The number of nitrogens with two attached hydrogens (primary N) is 1. The molecule has 0 saturated heterocycles. The first-order chi connectivity index (χ1) is 9.13. The summed E-state index contributed by atoms with van der Waals surface area (Å²) in [5.74, 6) is -1.63. The molecule has 0 unspecified atom stereocenters. The van der Waals surface area contributed by atoms with E-state index in [-0.39, 0.29) is 11.8 Å². The summed E-state index contributed by atoms with van der Waals surface area (Å²) < 4.78 is 32.1. The molecular weight excluding hydrogens is 248 g/mol. The highest BCUT2D eigenvalue weighted by atomic mass is 19.2. The number of hydrogen-bond acceptors (Lipinski definition) is 2. The number of para-hydroxylation sites is 1. The molecule has 0 spiro atoms. The van der Waals surface area contributed by atoms with Crippen LogP contribution in [-0.2, 0) is 0 Å². The molecule has 0 aliphatic rings. The van der Waals surface area contributed by atoms with Gasteiger partial charge in [0, 0.05) is 11.6 Å². The average Bonchev–Trinajstić information content (AvgIpc) is 2.43. The highest BCUT2D eigenvalue weighted by Crippen LogP contribution is 2.31. The van der Waals surface area contributed by atoms with Crippen LogP contribution in [0.25, 0.3) is 0 Å². The lowest BCUT2D eigenvalue weighted by Crippen LogP contribution is -2.10. The van der Waals surface area contributed by atoms with Crippen molar-refractivity contribution in [3.8, 4) is 11.5 Å². The molecule has 0 fully saturated rings. The summed E-state index contributed by atoms with van der Waals surface area (Å²) in [6.07, 6.45) is 0.728. The van der Waals surface area contributed by atoms with Crippen LogP contribution in [0.5, 0.6) is 11.5 Å². The van der Waals surface area contributed by atoms with Gasteiger partial charge in [0.25, 0.3) is 0 Å². The summed E-state index contributed by atoms with van der Waals surface area (Å²) in [5.41, 5.74) is 6.74. The highest BCUT2D eigenvalue weighted by Gasteiger charge is 2.14. The van der Waals surface area contributed by atoms with Crippen LogP contribution in [0, 0.1) is 11.6 Å². The van der Waals surface area contributed by atoms with E-state index >= 15 is 0 Å². The number of halogens is 2. The Morgan fingerprint density at radius 1 is 1.05 bits per heavy atom. The molecule has 1 atom stereocenters. The van der Waals surface area contributed by atoms with E-state index in [2.05, 4.69) is 0 Å². The second kappa shape index (κ2) is 5.80. The molecule has 4 heteroatoms. The lowest BCUT2D eigenvalue weighted by atomic mass is 10.0. The van der Waals surface area contributed by atoms with Gasteiger partial charge in [0.05, 0.1) is 0 Å². The van der Waals surface area contributed by atoms with Crippen molar-refractivity contribution in [2.75, 3.05) is 0 Å². The minimum absolute atomic E-state index is 0.143. The summed E-state index contributed by atoms with van der Waals surface area (Å²) in [4.78, 5) is 0. The smallest absolute Gasteiger partial charge is 0.201 e. The molecule has 0 radical (unpaired) electrons. The van der Waals surface area contributed by atoms with Crippen molar-refractivity contribution >= 4 is 0 Å². The third kappa shape index (κ3) is 2.90. The summed E-state index contributed by atoms with van der Waals surface area (Å²) >= 11 is 0. The van der Waals surface area contributed by atoms with Crippen LogP contribution in [0.1, 0.15) is 24.9 Å². The molecule has 2 aromatic carbocycles. The molecule has 100 valence electrons. The Morgan fingerprint density at radius 3 is 2.47 bits per heavy atom. The van der Waals surface area contributed by atoms with E-state index in [1.165, 1.54) is 12.1 Å². The van der Waals surface area contributed by atoms with Gasteiger partial charge in [0.2, 0.25) is 5.82 Å². The molecule has 0 bridgehead atoms. The fraction of sp³-hybridized carbons (Fsp3) is 0.200. The fourth-order valence-corrected chi connectivity index (χ4v) is 1.78. The van der Waals surface area contributed by atoms with Gasteiger partial charge in [-0.05, 0) is 24.6 Å². The molecule has 2 aromatic rings. The van der Waals surface area contributed by atoms with E-state index in [1.54, 1.807) is 12.1 Å². The molecular formula is C15H15F2NO. The second-order valence-corrected chi connectivity index (χ2v) is 4.21. The van der Waals surface area contributed by atoms with E-state index in [0.29, 0.717) is 5.75 Å². The lowest BCUT2D eigenvalue weighted by molar-refractivity contribution is 0.410. The molecule has 0 amide bonds. The zero-order valence-corrected chi connectivity index (χ0v) is 10.6. The van der Waals surface area contributed by atoms with Crippen molar-refractivity contribution in [2.24, 2.45) is 5.73 Å². The van der Waals surface area contributed by atoms with Gasteiger partial charge in [-0.3, -0.25) is 0 Å². The maximum absolute atomic E-state index is 13.6. The standard InChI is InChI=1S/C15H15F2NO/c1-2-12(18)10-6-3-4-8-13(10)19-14-9-5-7-11(16)15(14)17/h3-9,12H,2,18H2,1H3/t12-/m1/s1. The van der Waals surface area contributed by atoms with Crippen LogP contribution < -0.4 is 10.5 Å². The summed E-state index contributed by atoms with van der Waals surface area (Å²) in [7, 11) is 0. The van der Waals surface area contributed by atoms with E-state index in [4.69, 9.17) is 10.5 Å². The van der Waals surface area contributed by atoms with Gasteiger partial charge in [-0.15, -0.1) is 0 Å². The van der Waals surface area contributed by atoms with Crippen molar-refractivity contribution < 1.29 is 13.5 Å². The summed E-state index contributed by atoms with van der Waals surface area (Å²) in [6.45, 7) is 1.95. The molecule has 0 saturated carbocycles. The van der Waals surface area contributed by atoms with Gasteiger partial charge in [0.15, 0.2) is 11.6 Å². The van der Waals surface area contributed by atoms with Gasteiger partial charge in [-0.25, -0.2) is 4.39 Å². The average molecular weight is 263 g/mol. The quantitative estimate of drug-likeness (QED) is 0.898. The molecule has 0 aliphatic heterocycles. The third-order valence-electron chi connectivity index (χ3n) is 2.89. The molecule has 0 aromatic heterocycles. The largest absolute Gasteiger partial charge is 0.454 e. The molecule has 19 heavy (non-hydrogen) atoms.